The van der Waals surface area contributed by atoms with Crippen molar-refractivity contribution in [3.8, 4) is 5.75 Å². The van der Waals surface area contributed by atoms with E-state index in [9.17, 15) is 4.79 Å². The highest BCUT2D eigenvalue weighted by Crippen LogP contribution is 2.23. The monoisotopic (exact) mass is 445 g/mol. The normalized spacial score (nSPS) is 10.8. The average molecular weight is 446 g/mol. The Morgan fingerprint density at radius 1 is 1.15 bits per heavy atom. The van der Waals surface area contributed by atoms with Crippen molar-refractivity contribution in [1.82, 2.24) is 14.8 Å². The van der Waals surface area contributed by atoms with Gasteiger partial charge in [-0.3, -0.25) is 4.79 Å². The van der Waals surface area contributed by atoms with Crippen LogP contribution in [0, 0.1) is 13.8 Å². The standard InChI is InChI=1S/C20H20BrN3O2S/c1-13-5-4-6-18(14(13)2)26-11-19-22-23-20(24(19)3)27-12-17(25)15-7-9-16(21)10-8-15/h4-10H,11-12H2,1-3H3. The third-order valence-corrected chi connectivity index (χ3v) is 5.88. The number of Topliss-reactive ketones (excluding diaryl/α,β-unsaturated/α-hetero) is 1. The highest BCUT2D eigenvalue weighted by Gasteiger charge is 2.13. The smallest absolute Gasteiger partial charge is 0.191 e. The highest BCUT2D eigenvalue weighted by molar-refractivity contribution is 9.10. The number of nitrogens with zero attached hydrogens (tertiary/aromatic N) is 3. The van der Waals surface area contributed by atoms with Crippen LogP contribution in [-0.2, 0) is 13.7 Å². The number of benzene rings is 2. The quantitative estimate of drug-likeness (QED) is 0.387. The molecule has 0 aliphatic rings. The second-order valence-corrected chi connectivity index (χ2v) is 8.02. The van der Waals surface area contributed by atoms with Gasteiger partial charge in [0.15, 0.2) is 16.8 Å². The van der Waals surface area contributed by atoms with Gasteiger partial charge in [-0.25, -0.2) is 0 Å². The number of ether oxygens (including phenoxy) is 1. The van der Waals surface area contributed by atoms with Crippen LogP contribution >= 0.6 is 27.7 Å². The Balaban J connectivity index is 1.60. The van der Waals surface area contributed by atoms with Crippen LogP contribution in [0.25, 0.3) is 0 Å². The number of carbonyl (C=O) groups is 1. The maximum absolute atomic E-state index is 12.3. The molecule has 0 saturated heterocycles. The minimum absolute atomic E-state index is 0.0590. The van der Waals surface area contributed by atoms with E-state index in [1.807, 2.05) is 54.9 Å². The molecule has 0 fully saturated rings. The van der Waals surface area contributed by atoms with E-state index in [2.05, 4.69) is 39.1 Å². The van der Waals surface area contributed by atoms with E-state index in [1.54, 1.807) is 0 Å². The summed E-state index contributed by atoms with van der Waals surface area (Å²) in [7, 11) is 1.88. The number of hydrogen-bond acceptors (Lipinski definition) is 5. The Labute approximate surface area is 171 Å². The summed E-state index contributed by atoms with van der Waals surface area (Å²) in [6.45, 7) is 4.42. The Morgan fingerprint density at radius 2 is 1.89 bits per heavy atom. The molecule has 1 aromatic heterocycles. The second kappa shape index (κ2) is 8.71. The molecule has 0 bridgehead atoms. The molecule has 0 amide bonds. The van der Waals surface area contributed by atoms with Gasteiger partial charge >= 0.3 is 0 Å². The van der Waals surface area contributed by atoms with Crippen LogP contribution in [0.2, 0.25) is 0 Å². The van der Waals surface area contributed by atoms with Crippen molar-refractivity contribution in [2.45, 2.75) is 25.6 Å². The summed E-state index contributed by atoms with van der Waals surface area (Å²) in [5.74, 6) is 1.93. The molecule has 0 unspecified atom stereocenters. The van der Waals surface area contributed by atoms with Gasteiger partial charge < -0.3 is 9.30 Å². The lowest BCUT2D eigenvalue weighted by Crippen LogP contribution is -2.06. The van der Waals surface area contributed by atoms with Crippen molar-refractivity contribution >= 4 is 33.5 Å². The van der Waals surface area contributed by atoms with Crippen LogP contribution in [0.1, 0.15) is 27.3 Å². The minimum Gasteiger partial charge on any atom is -0.485 e. The van der Waals surface area contributed by atoms with E-state index in [-0.39, 0.29) is 5.78 Å². The van der Waals surface area contributed by atoms with Gasteiger partial charge in [-0.1, -0.05) is 52.0 Å². The summed E-state index contributed by atoms with van der Waals surface area (Å²) in [5.41, 5.74) is 2.99. The SMILES string of the molecule is Cc1cccc(OCc2nnc(SCC(=O)c3ccc(Br)cc3)n2C)c1C. The molecule has 1 heterocycles. The van der Waals surface area contributed by atoms with Gasteiger partial charge in [0, 0.05) is 17.1 Å². The lowest BCUT2D eigenvalue weighted by atomic mass is 10.1. The molecule has 0 N–H and O–H groups in total. The predicted octanol–water partition coefficient (Wildman–Crippen LogP) is 4.75. The zero-order valence-electron chi connectivity index (χ0n) is 15.4. The first-order valence-electron chi connectivity index (χ1n) is 8.44. The Morgan fingerprint density at radius 3 is 2.63 bits per heavy atom. The predicted molar refractivity (Wildman–Crippen MR) is 110 cm³/mol. The Hall–Kier alpha value is -2.12. The van der Waals surface area contributed by atoms with Gasteiger partial charge in [0.2, 0.25) is 0 Å². The lowest BCUT2D eigenvalue weighted by Gasteiger charge is -2.10. The van der Waals surface area contributed by atoms with E-state index in [0.717, 1.165) is 21.6 Å². The van der Waals surface area contributed by atoms with Gasteiger partial charge in [0.1, 0.15) is 12.4 Å². The number of aryl methyl sites for hydroxylation is 1. The molecule has 0 aliphatic carbocycles. The van der Waals surface area contributed by atoms with E-state index in [1.165, 1.54) is 17.3 Å². The zero-order chi connectivity index (χ0) is 19.4. The number of hydrogen-bond donors (Lipinski definition) is 0. The molecular weight excluding hydrogens is 426 g/mol. The molecule has 2 aromatic carbocycles. The lowest BCUT2D eigenvalue weighted by molar-refractivity contribution is 0.102. The van der Waals surface area contributed by atoms with Crippen molar-refractivity contribution < 1.29 is 9.53 Å². The molecule has 0 atom stereocenters. The molecule has 0 saturated carbocycles. The molecule has 3 aromatic rings. The van der Waals surface area contributed by atoms with Crippen LogP contribution < -0.4 is 4.74 Å². The van der Waals surface area contributed by atoms with E-state index >= 15 is 0 Å². The number of ketones is 1. The first-order chi connectivity index (χ1) is 13.0. The van der Waals surface area contributed by atoms with Crippen LogP contribution in [0.15, 0.2) is 52.1 Å². The fraction of sp³-hybridized carbons (Fsp3) is 0.250. The molecule has 5 nitrogen and oxygen atoms in total. The molecule has 140 valence electrons. The molecule has 3 rings (SSSR count). The largest absolute Gasteiger partial charge is 0.485 e. The number of carbonyl (C=O) groups excluding carboxylic acids is 1. The van der Waals surface area contributed by atoms with Crippen LogP contribution in [0.4, 0.5) is 0 Å². The molecule has 0 spiro atoms. The van der Waals surface area contributed by atoms with Gasteiger partial charge in [-0.05, 0) is 43.2 Å². The van der Waals surface area contributed by atoms with Crippen molar-refractivity contribution in [3.05, 3.63) is 69.5 Å². The molecule has 0 aliphatic heterocycles. The number of rotatable bonds is 7. The van der Waals surface area contributed by atoms with Crippen LogP contribution in [-0.4, -0.2) is 26.3 Å². The van der Waals surface area contributed by atoms with Crippen LogP contribution in [0.3, 0.4) is 0 Å². The molecule has 7 heteroatoms. The van der Waals surface area contributed by atoms with Crippen molar-refractivity contribution in [2.75, 3.05) is 5.75 Å². The summed E-state index contributed by atoms with van der Waals surface area (Å²) in [4.78, 5) is 12.3. The summed E-state index contributed by atoms with van der Waals surface area (Å²) in [6, 6.07) is 13.3. The van der Waals surface area contributed by atoms with Crippen molar-refractivity contribution in [2.24, 2.45) is 7.05 Å². The number of thioether (sulfide) groups is 1. The zero-order valence-corrected chi connectivity index (χ0v) is 17.8. The maximum Gasteiger partial charge on any atom is 0.191 e. The summed E-state index contributed by atoms with van der Waals surface area (Å²) < 4.78 is 8.72. The van der Waals surface area contributed by atoms with Gasteiger partial charge in [0.05, 0.1) is 5.75 Å². The van der Waals surface area contributed by atoms with Crippen molar-refractivity contribution in [3.63, 3.8) is 0 Å². The molecular formula is C20H20BrN3O2S. The highest BCUT2D eigenvalue weighted by atomic mass is 79.9. The first-order valence-corrected chi connectivity index (χ1v) is 10.2. The maximum atomic E-state index is 12.3. The van der Waals surface area contributed by atoms with Gasteiger partial charge in [0.25, 0.3) is 0 Å². The molecule has 27 heavy (non-hydrogen) atoms. The third kappa shape index (κ3) is 4.78. The van der Waals surface area contributed by atoms with Crippen LogP contribution in [0.5, 0.6) is 5.75 Å². The summed E-state index contributed by atoms with van der Waals surface area (Å²) in [6.07, 6.45) is 0. The summed E-state index contributed by atoms with van der Waals surface area (Å²) >= 11 is 4.75. The average Bonchev–Trinajstić information content (AvgIpc) is 3.01. The topological polar surface area (TPSA) is 57.0 Å². The van der Waals surface area contributed by atoms with Gasteiger partial charge in [-0.2, -0.15) is 0 Å². The number of halogens is 1. The van der Waals surface area contributed by atoms with E-state index in [4.69, 9.17) is 4.74 Å². The fourth-order valence-electron chi connectivity index (χ4n) is 2.47. The molecule has 0 radical (unpaired) electrons. The fourth-order valence-corrected chi connectivity index (χ4v) is 3.56. The Bertz CT molecular complexity index is 954. The summed E-state index contributed by atoms with van der Waals surface area (Å²) in [5, 5.41) is 9.07. The van der Waals surface area contributed by atoms with E-state index < -0.39 is 0 Å². The Kier molecular flexibility index (Phi) is 6.34. The second-order valence-electron chi connectivity index (χ2n) is 6.16. The third-order valence-electron chi connectivity index (χ3n) is 4.34. The first kappa shape index (κ1) is 19.6. The van der Waals surface area contributed by atoms with Gasteiger partial charge in [-0.15, -0.1) is 10.2 Å². The number of aromatic nitrogens is 3. The minimum atomic E-state index is 0.0590. The van der Waals surface area contributed by atoms with E-state index in [0.29, 0.717) is 23.1 Å². The van der Waals surface area contributed by atoms with Crippen molar-refractivity contribution in [1.29, 1.82) is 0 Å².